The number of anilines is 1. The first-order chi connectivity index (χ1) is 12.7. The number of nitrogens with zero attached hydrogens (tertiary/aromatic N) is 1. The third kappa shape index (κ3) is 4.06. The molecule has 0 aliphatic carbocycles. The van der Waals surface area contributed by atoms with Gasteiger partial charge in [-0.25, -0.2) is 0 Å². The molecule has 27 heavy (non-hydrogen) atoms. The van der Waals surface area contributed by atoms with E-state index in [9.17, 15) is 9.90 Å². The van der Waals surface area contributed by atoms with Crippen LogP contribution < -0.4 is 15.2 Å². The van der Waals surface area contributed by atoms with Crippen LogP contribution in [0.25, 0.3) is 0 Å². The van der Waals surface area contributed by atoms with E-state index >= 15 is 0 Å². The topological polar surface area (TPSA) is 84.9 Å². The van der Waals surface area contributed by atoms with E-state index in [-0.39, 0.29) is 12.2 Å². The van der Waals surface area contributed by atoms with Gasteiger partial charge in [-0.3, -0.25) is 4.90 Å². The van der Waals surface area contributed by atoms with Gasteiger partial charge in [-0.1, -0.05) is 0 Å². The van der Waals surface area contributed by atoms with E-state index in [0.717, 1.165) is 73.3 Å². The Kier molecular flexibility index (Phi) is 5.68. The molecule has 0 aromatic heterocycles. The highest BCUT2D eigenvalue weighted by atomic mass is 16.5. The second-order valence-corrected chi connectivity index (χ2v) is 8.43. The monoisotopic (exact) mass is 375 g/mol. The predicted octanol–water partition coefficient (Wildman–Crippen LogP) is 2.16. The maximum Gasteiger partial charge on any atom is 0.138 e. The van der Waals surface area contributed by atoms with Gasteiger partial charge in [0.25, 0.3) is 0 Å². The van der Waals surface area contributed by atoms with Crippen molar-refractivity contribution in [3.8, 4) is 5.75 Å². The van der Waals surface area contributed by atoms with Crippen molar-refractivity contribution in [2.24, 2.45) is 5.92 Å². The van der Waals surface area contributed by atoms with Crippen molar-refractivity contribution in [2.45, 2.75) is 59.0 Å². The highest BCUT2D eigenvalue weighted by Crippen LogP contribution is 2.45. The molecule has 0 spiro atoms. The Balaban J connectivity index is 1.75. The highest BCUT2D eigenvalue weighted by molar-refractivity contribution is 5.85. The number of likely N-dealkylation sites (tertiary alicyclic amines) is 1. The second kappa shape index (κ2) is 7.68. The number of amides is 1. The lowest BCUT2D eigenvalue weighted by Crippen LogP contribution is -2.47. The Bertz CT molecular complexity index is 726. The van der Waals surface area contributed by atoms with E-state index < -0.39 is 6.09 Å². The van der Waals surface area contributed by atoms with Gasteiger partial charge in [-0.05, 0) is 82.7 Å². The number of carboxylic acid groups (broad SMARTS) is 1. The fourth-order valence-corrected chi connectivity index (χ4v) is 4.66. The number of nitrogens with one attached hydrogen (secondary N) is 1. The van der Waals surface area contributed by atoms with Crippen molar-refractivity contribution in [2.75, 3.05) is 31.6 Å². The first-order valence-corrected chi connectivity index (χ1v) is 9.87. The molecule has 2 aliphatic rings. The molecule has 1 fully saturated rings. The average molecular weight is 375 g/mol. The van der Waals surface area contributed by atoms with Gasteiger partial charge in [-0.2, -0.15) is 0 Å². The summed E-state index contributed by atoms with van der Waals surface area (Å²) in [5.74, 6) is 1.54. The zero-order valence-electron chi connectivity index (χ0n) is 16.9. The molecular formula is C21H31N2O4-. The molecule has 3 rings (SSSR count). The van der Waals surface area contributed by atoms with Gasteiger partial charge in [0.15, 0.2) is 0 Å². The van der Waals surface area contributed by atoms with Crippen LogP contribution in [0.15, 0.2) is 0 Å². The number of benzene rings is 1. The van der Waals surface area contributed by atoms with Crippen LogP contribution in [0, 0.1) is 26.7 Å². The van der Waals surface area contributed by atoms with E-state index in [1.807, 2.05) is 20.8 Å². The number of fused-ring (bicyclic) bond motifs is 1. The molecule has 1 unspecified atom stereocenters. The SMILES string of the molecule is Cc1c(C)c2c(c(C)c1NC(=O)[O-])CC(C)(CN1CCC(CCO)CC1)O2. The number of hydrogen-bond donors (Lipinski definition) is 2. The van der Waals surface area contributed by atoms with Crippen molar-refractivity contribution >= 4 is 11.8 Å². The van der Waals surface area contributed by atoms with E-state index in [4.69, 9.17) is 9.84 Å². The quantitative estimate of drug-likeness (QED) is 0.824. The molecule has 150 valence electrons. The number of aliphatic hydroxyl groups is 1. The number of ether oxygens (including phenoxy) is 1. The molecule has 6 nitrogen and oxygen atoms in total. The van der Waals surface area contributed by atoms with Crippen LogP contribution in [0.3, 0.4) is 0 Å². The number of rotatable bonds is 5. The summed E-state index contributed by atoms with van der Waals surface area (Å²) < 4.78 is 6.45. The molecule has 1 atom stereocenters. The minimum atomic E-state index is -1.28. The molecule has 0 saturated carbocycles. The summed E-state index contributed by atoms with van der Waals surface area (Å²) >= 11 is 0. The van der Waals surface area contributed by atoms with Crippen LogP contribution in [0.5, 0.6) is 5.75 Å². The van der Waals surface area contributed by atoms with Crippen molar-refractivity contribution in [1.29, 1.82) is 0 Å². The normalized spacial score (nSPS) is 23.1. The zero-order chi connectivity index (χ0) is 19.8. The number of carbonyl (C=O) groups is 1. The maximum atomic E-state index is 11.1. The van der Waals surface area contributed by atoms with E-state index in [0.29, 0.717) is 11.6 Å². The zero-order valence-corrected chi connectivity index (χ0v) is 16.9. The van der Waals surface area contributed by atoms with Crippen molar-refractivity contribution < 1.29 is 19.7 Å². The smallest absolute Gasteiger partial charge is 0.138 e. The van der Waals surface area contributed by atoms with Crippen molar-refractivity contribution in [3.05, 3.63) is 22.3 Å². The predicted molar refractivity (Wildman–Crippen MR) is 103 cm³/mol. The minimum absolute atomic E-state index is 0.279. The van der Waals surface area contributed by atoms with Crippen LogP contribution in [-0.4, -0.2) is 47.9 Å². The summed E-state index contributed by atoms with van der Waals surface area (Å²) in [6.07, 6.45) is 2.64. The third-order valence-electron chi connectivity index (χ3n) is 6.31. The molecule has 2 aliphatic heterocycles. The maximum absolute atomic E-state index is 11.1. The Labute approximate surface area is 161 Å². The Morgan fingerprint density at radius 2 is 1.93 bits per heavy atom. The van der Waals surface area contributed by atoms with Crippen molar-refractivity contribution in [3.63, 3.8) is 0 Å². The third-order valence-corrected chi connectivity index (χ3v) is 6.31. The minimum Gasteiger partial charge on any atom is -0.530 e. The highest BCUT2D eigenvalue weighted by Gasteiger charge is 2.40. The summed E-state index contributed by atoms with van der Waals surface area (Å²) in [6, 6.07) is 0. The molecule has 2 heterocycles. The molecule has 6 heteroatoms. The first-order valence-electron chi connectivity index (χ1n) is 9.87. The number of carbonyl (C=O) groups excluding carboxylic acids is 1. The molecule has 1 amide bonds. The van der Waals surface area contributed by atoms with Crippen LogP contribution in [0.1, 0.15) is 48.4 Å². The molecule has 0 radical (unpaired) electrons. The van der Waals surface area contributed by atoms with Crippen molar-refractivity contribution in [1.82, 2.24) is 4.90 Å². The van der Waals surface area contributed by atoms with Gasteiger partial charge < -0.3 is 25.1 Å². The van der Waals surface area contributed by atoms with Gasteiger partial charge in [0.1, 0.15) is 17.4 Å². The summed E-state index contributed by atoms with van der Waals surface area (Å²) in [5, 5.41) is 22.7. The molecule has 0 bridgehead atoms. The first kappa shape index (κ1) is 20.0. The molecule has 1 aromatic rings. The second-order valence-electron chi connectivity index (χ2n) is 8.43. The molecular weight excluding hydrogens is 344 g/mol. The number of hydrogen-bond acceptors (Lipinski definition) is 5. The van der Waals surface area contributed by atoms with E-state index in [1.165, 1.54) is 0 Å². The Morgan fingerprint density at radius 3 is 2.52 bits per heavy atom. The van der Waals surface area contributed by atoms with Crippen LogP contribution >= 0.6 is 0 Å². The van der Waals surface area contributed by atoms with Gasteiger partial charge >= 0.3 is 0 Å². The Hall–Kier alpha value is -1.79. The molecule has 1 saturated heterocycles. The van der Waals surface area contributed by atoms with E-state index in [1.54, 1.807) is 0 Å². The van der Waals surface area contributed by atoms with Gasteiger partial charge in [0.2, 0.25) is 0 Å². The standard InChI is InChI=1S/C21H32N2O4/c1-13-14(2)19-17(15(3)18(13)22-20(25)26)11-21(4,27-19)12-23-8-5-16(6-9-23)7-10-24/h16,22,24H,5-12H2,1-4H3,(H,25,26)/p-1. The van der Waals surface area contributed by atoms with Gasteiger partial charge in [0, 0.05) is 30.8 Å². The summed E-state index contributed by atoms with van der Waals surface area (Å²) in [5.41, 5.74) is 4.23. The molecule has 1 aromatic carbocycles. The number of piperidine rings is 1. The van der Waals surface area contributed by atoms with Gasteiger partial charge in [-0.15, -0.1) is 0 Å². The van der Waals surface area contributed by atoms with Crippen LogP contribution in [0.2, 0.25) is 0 Å². The lowest BCUT2D eigenvalue weighted by atomic mass is 9.90. The van der Waals surface area contributed by atoms with E-state index in [2.05, 4.69) is 17.1 Å². The summed E-state index contributed by atoms with van der Waals surface area (Å²) in [7, 11) is 0. The lowest BCUT2D eigenvalue weighted by Gasteiger charge is -2.37. The fraction of sp³-hybridized carbons (Fsp3) is 0.667. The Morgan fingerprint density at radius 1 is 1.26 bits per heavy atom. The lowest BCUT2D eigenvalue weighted by molar-refractivity contribution is -0.242. The van der Waals surface area contributed by atoms with Crippen LogP contribution in [0.4, 0.5) is 10.5 Å². The largest absolute Gasteiger partial charge is 0.530 e. The molecule has 2 N–H and O–H groups in total. The van der Waals surface area contributed by atoms with Crippen LogP contribution in [-0.2, 0) is 6.42 Å². The number of aliphatic hydroxyl groups excluding tert-OH is 1. The summed E-state index contributed by atoms with van der Waals surface area (Å²) in [6.45, 7) is 11.2. The average Bonchev–Trinajstić information content (AvgIpc) is 2.96. The fourth-order valence-electron chi connectivity index (χ4n) is 4.66. The van der Waals surface area contributed by atoms with Gasteiger partial charge in [0.05, 0.1) is 0 Å². The summed E-state index contributed by atoms with van der Waals surface area (Å²) in [4.78, 5) is 13.5.